The van der Waals surface area contributed by atoms with Gasteiger partial charge in [0, 0.05) is 28.7 Å². The summed E-state index contributed by atoms with van der Waals surface area (Å²) in [5.41, 5.74) is -3.39. The van der Waals surface area contributed by atoms with Gasteiger partial charge in [0.2, 0.25) is 0 Å². The van der Waals surface area contributed by atoms with E-state index in [1.807, 2.05) is 6.92 Å². The molecule has 0 amide bonds. The Kier molecular flexibility index (Phi) is 13.3. The maximum atomic E-state index is 13.0. The minimum Gasteiger partial charge on any atom is -0.411 e. The number of hydrogen-bond donors (Lipinski definition) is 3. The van der Waals surface area contributed by atoms with Crippen molar-refractivity contribution in [1.82, 2.24) is 0 Å². The largest absolute Gasteiger partial charge is 0.411 e. The van der Waals surface area contributed by atoms with E-state index in [-0.39, 0.29) is 28.7 Å². The summed E-state index contributed by atoms with van der Waals surface area (Å²) in [4.78, 5) is 52.0. The minimum atomic E-state index is -3.17. The summed E-state index contributed by atoms with van der Waals surface area (Å²) in [7, 11) is 0. The van der Waals surface area contributed by atoms with E-state index in [2.05, 4.69) is 26.3 Å². The molecule has 0 aromatic carbocycles. The summed E-state index contributed by atoms with van der Waals surface area (Å²) < 4.78 is 22.5. The van der Waals surface area contributed by atoms with Crippen LogP contribution in [0.25, 0.3) is 0 Å². The maximum absolute atomic E-state index is 13.0. The van der Waals surface area contributed by atoms with Crippen molar-refractivity contribution in [1.29, 1.82) is 0 Å². The van der Waals surface area contributed by atoms with Crippen molar-refractivity contribution in [2.24, 2.45) is 5.41 Å². The zero-order valence-corrected chi connectivity index (χ0v) is 22.9. The Hall–Kier alpha value is -3.28. The lowest BCUT2D eigenvalue weighted by molar-refractivity contribution is -0.408. The van der Waals surface area contributed by atoms with Gasteiger partial charge in [0.25, 0.3) is 0 Å². The van der Waals surface area contributed by atoms with Crippen molar-refractivity contribution >= 4 is 23.9 Å². The molecule has 0 aromatic rings. The number of hydrogen-bond acceptors (Lipinski definition) is 11. The molecule has 38 heavy (non-hydrogen) atoms. The van der Waals surface area contributed by atoms with Crippen LogP contribution in [0.15, 0.2) is 48.6 Å². The topological polar surface area (TPSA) is 166 Å². The van der Waals surface area contributed by atoms with Gasteiger partial charge in [-0.2, -0.15) is 0 Å². The summed E-state index contributed by atoms with van der Waals surface area (Å²) in [6, 6.07) is 0. The molecule has 214 valence electrons. The summed E-state index contributed by atoms with van der Waals surface area (Å²) in [6.07, 6.45) is 0.723. The molecule has 0 fully saturated rings. The van der Waals surface area contributed by atoms with E-state index in [0.29, 0.717) is 12.8 Å². The van der Waals surface area contributed by atoms with Crippen molar-refractivity contribution in [3.8, 4) is 0 Å². The van der Waals surface area contributed by atoms with Crippen LogP contribution in [0.4, 0.5) is 0 Å². The van der Waals surface area contributed by atoms with Gasteiger partial charge in [-0.15, -0.1) is 0 Å². The fourth-order valence-corrected chi connectivity index (χ4v) is 3.20. The van der Waals surface area contributed by atoms with E-state index in [1.165, 1.54) is 27.7 Å². The zero-order chi connectivity index (χ0) is 29.9. The molecular formula is C27H40O11. The molecule has 0 radical (unpaired) electrons. The summed E-state index contributed by atoms with van der Waals surface area (Å²) >= 11 is 0. The maximum Gasteiger partial charge on any atom is 0.347 e. The molecule has 0 unspecified atom stereocenters. The van der Waals surface area contributed by atoms with E-state index in [4.69, 9.17) is 18.9 Å². The van der Waals surface area contributed by atoms with Gasteiger partial charge in [0.05, 0.1) is 19.8 Å². The van der Waals surface area contributed by atoms with Gasteiger partial charge in [-0.1, -0.05) is 46.1 Å². The molecule has 11 nitrogen and oxygen atoms in total. The van der Waals surface area contributed by atoms with Crippen molar-refractivity contribution in [3.05, 3.63) is 48.6 Å². The molecule has 0 saturated carbocycles. The molecule has 0 bridgehead atoms. The monoisotopic (exact) mass is 540 g/mol. The third kappa shape index (κ3) is 7.62. The van der Waals surface area contributed by atoms with Crippen LogP contribution in [-0.2, 0) is 38.1 Å². The van der Waals surface area contributed by atoms with Crippen molar-refractivity contribution < 1.29 is 53.4 Å². The Bertz CT molecular complexity index is 892. The molecule has 0 aliphatic rings. The number of ether oxygens (including phenoxy) is 4. The van der Waals surface area contributed by atoms with Gasteiger partial charge in [0.15, 0.2) is 0 Å². The molecule has 11 heteroatoms. The van der Waals surface area contributed by atoms with Crippen LogP contribution in [0.2, 0.25) is 0 Å². The molecule has 0 spiro atoms. The molecule has 3 N–H and O–H groups in total. The third-order valence-corrected chi connectivity index (χ3v) is 5.60. The Morgan fingerprint density at radius 2 is 0.921 bits per heavy atom. The average Bonchev–Trinajstić information content (AvgIpc) is 2.84. The number of carbonyl (C=O) groups excluding carboxylic acids is 4. The number of aliphatic hydroxyl groups excluding tert-OH is 3. The first-order valence-corrected chi connectivity index (χ1v) is 11.9. The molecule has 0 aliphatic carbocycles. The quantitative estimate of drug-likeness (QED) is 0.107. The van der Waals surface area contributed by atoms with E-state index in [9.17, 15) is 34.5 Å². The van der Waals surface area contributed by atoms with Crippen molar-refractivity contribution in [2.75, 3.05) is 19.8 Å². The highest BCUT2D eigenvalue weighted by atomic mass is 16.8. The van der Waals surface area contributed by atoms with E-state index < -0.39 is 67.1 Å². The van der Waals surface area contributed by atoms with Gasteiger partial charge in [-0.25, -0.2) is 19.2 Å². The SMILES string of the molecule is C=C(C)C(=O)OC(CCCCC)(OC(=O)C(=C)C)C(OC(=O)C(=C)C)(OC(=O)C(=C)C)C(CO)(CO)CO. The van der Waals surface area contributed by atoms with Crippen molar-refractivity contribution in [2.45, 2.75) is 71.9 Å². The van der Waals surface area contributed by atoms with E-state index in [1.54, 1.807) is 0 Å². The van der Waals surface area contributed by atoms with E-state index in [0.717, 1.165) is 0 Å². The molecule has 0 rings (SSSR count). The highest BCUT2D eigenvalue weighted by Crippen LogP contribution is 2.50. The zero-order valence-electron chi connectivity index (χ0n) is 22.9. The number of carbonyl (C=O) groups is 4. The first-order valence-electron chi connectivity index (χ1n) is 11.9. The average molecular weight is 541 g/mol. The smallest absolute Gasteiger partial charge is 0.347 e. The molecular weight excluding hydrogens is 500 g/mol. The lowest BCUT2D eigenvalue weighted by atomic mass is 9.74. The number of unbranched alkanes of at least 4 members (excludes halogenated alkanes) is 2. The van der Waals surface area contributed by atoms with Crippen LogP contribution in [0.5, 0.6) is 0 Å². The number of aliphatic hydroxyl groups is 3. The van der Waals surface area contributed by atoms with Crippen LogP contribution in [-0.4, -0.2) is 70.6 Å². The normalized spacial score (nSPS) is 11.7. The van der Waals surface area contributed by atoms with Gasteiger partial charge >= 0.3 is 35.5 Å². The highest BCUT2D eigenvalue weighted by Gasteiger charge is 2.74. The predicted molar refractivity (Wildman–Crippen MR) is 137 cm³/mol. The summed E-state index contributed by atoms with van der Waals surface area (Å²) in [5, 5.41) is 31.4. The number of rotatable bonds is 17. The Balaban J connectivity index is 8.14. The second-order valence-electron chi connectivity index (χ2n) is 9.26. The van der Waals surface area contributed by atoms with Crippen LogP contribution < -0.4 is 0 Å². The van der Waals surface area contributed by atoms with Gasteiger partial charge < -0.3 is 34.3 Å². The Labute approximate surface area is 223 Å². The van der Waals surface area contributed by atoms with Gasteiger partial charge in [-0.05, 0) is 34.1 Å². The lowest BCUT2D eigenvalue weighted by Gasteiger charge is -2.53. The fraction of sp³-hybridized carbons (Fsp3) is 0.556. The Morgan fingerprint density at radius 1 is 0.605 bits per heavy atom. The second-order valence-corrected chi connectivity index (χ2v) is 9.26. The second kappa shape index (κ2) is 14.6. The van der Waals surface area contributed by atoms with Gasteiger partial charge in [-0.3, -0.25) is 0 Å². The first-order chi connectivity index (χ1) is 17.6. The Morgan fingerprint density at radius 3 is 1.18 bits per heavy atom. The van der Waals surface area contributed by atoms with Crippen molar-refractivity contribution in [3.63, 3.8) is 0 Å². The minimum absolute atomic E-state index is 0.124. The predicted octanol–water partition coefficient (Wildman–Crippen LogP) is 2.40. The van der Waals surface area contributed by atoms with Crippen LogP contribution in [0.3, 0.4) is 0 Å². The van der Waals surface area contributed by atoms with Gasteiger partial charge in [0.1, 0.15) is 5.41 Å². The van der Waals surface area contributed by atoms with E-state index >= 15 is 0 Å². The summed E-state index contributed by atoms with van der Waals surface area (Å²) in [6.45, 7) is 17.2. The molecule has 0 saturated heterocycles. The highest BCUT2D eigenvalue weighted by molar-refractivity contribution is 5.91. The summed E-state index contributed by atoms with van der Waals surface area (Å²) in [5.74, 6) is -10.9. The fourth-order valence-electron chi connectivity index (χ4n) is 3.20. The van der Waals surface area contributed by atoms with Crippen LogP contribution >= 0.6 is 0 Å². The number of esters is 4. The lowest BCUT2D eigenvalue weighted by Crippen LogP contribution is -2.74. The molecule has 0 aliphatic heterocycles. The standard InChI is InChI=1S/C27H40O11/c1-10-11-12-13-26(35-21(31)17(2)3,36-22(32)18(4)5)27(37-23(33)19(6)7,38-24(34)20(8)9)25(14-28,15-29)16-30/h28-30H,2,4,6,8,10-16H2,1,3,5,7,9H3. The third-order valence-electron chi connectivity index (χ3n) is 5.60. The molecule has 0 atom stereocenters. The molecule has 0 aromatic heterocycles. The van der Waals surface area contributed by atoms with Crippen LogP contribution in [0.1, 0.15) is 60.3 Å². The molecule has 0 heterocycles. The van der Waals surface area contributed by atoms with Crippen LogP contribution in [0, 0.1) is 5.41 Å². The first kappa shape index (κ1) is 34.7.